The Morgan fingerprint density at radius 2 is 0.852 bits per heavy atom. The molecule has 0 unspecified atom stereocenters. The van der Waals surface area contributed by atoms with Gasteiger partial charge < -0.3 is 44.5 Å². The van der Waals surface area contributed by atoms with Gasteiger partial charge in [-0.3, -0.25) is 0 Å². The molecule has 2 rings (SSSR count). The topological polar surface area (TPSA) is 58.9 Å². The van der Waals surface area contributed by atoms with Crippen molar-refractivity contribution in [3.8, 4) is 23.0 Å². The largest absolute Gasteiger partial charge is 2.00 e. The molecular weight excluding hydrogens is 466 g/mol. The summed E-state index contributed by atoms with van der Waals surface area (Å²) in [6.07, 6.45) is 0. The van der Waals surface area contributed by atoms with Crippen molar-refractivity contribution in [1.82, 2.24) is 0 Å². The molecule has 27 heavy (non-hydrogen) atoms. The standard InChI is InChI=1S/2C10H14O2.2ClH.Zr/c2*1-10(2,3)12-9-7-5-4-6-8(9)11;;;/h2*4-7,11H,1-3H3;2*1H;/q;;;;+2/p-2. The number of benzene rings is 2. The number of hydrogen-bond donors (Lipinski definition) is 2. The summed E-state index contributed by atoms with van der Waals surface area (Å²) in [6.45, 7) is 11.7. The van der Waals surface area contributed by atoms with Gasteiger partial charge in [-0.1, -0.05) is 24.3 Å². The van der Waals surface area contributed by atoms with Crippen LogP contribution in [0.15, 0.2) is 48.5 Å². The van der Waals surface area contributed by atoms with Crippen LogP contribution in [0.3, 0.4) is 0 Å². The molecule has 0 atom stereocenters. The van der Waals surface area contributed by atoms with E-state index in [0.717, 1.165) is 0 Å². The summed E-state index contributed by atoms with van der Waals surface area (Å²) in [5.74, 6) is 1.44. The first-order valence-corrected chi connectivity index (χ1v) is 7.92. The number of hydrogen-bond acceptors (Lipinski definition) is 4. The molecule has 150 valence electrons. The van der Waals surface area contributed by atoms with Crippen LogP contribution in [-0.4, -0.2) is 21.4 Å². The van der Waals surface area contributed by atoms with Gasteiger partial charge in [-0.15, -0.1) is 0 Å². The fourth-order valence-electron chi connectivity index (χ4n) is 1.75. The van der Waals surface area contributed by atoms with Gasteiger partial charge in [0.05, 0.1) is 0 Å². The molecule has 0 aromatic heterocycles. The minimum absolute atomic E-state index is 0. The van der Waals surface area contributed by atoms with Gasteiger partial charge in [-0.25, -0.2) is 0 Å². The first-order valence-electron chi connectivity index (χ1n) is 7.92. The van der Waals surface area contributed by atoms with Crippen LogP contribution in [0.25, 0.3) is 0 Å². The van der Waals surface area contributed by atoms with Crippen LogP contribution in [-0.2, 0) is 26.2 Å². The van der Waals surface area contributed by atoms with Crippen molar-refractivity contribution in [3.63, 3.8) is 0 Å². The molecule has 0 saturated carbocycles. The fraction of sp³-hybridized carbons (Fsp3) is 0.400. The van der Waals surface area contributed by atoms with E-state index in [0.29, 0.717) is 11.5 Å². The molecule has 4 nitrogen and oxygen atoms in total. The molecule has 0 aliphatic rings. The molecule has 0 amide bonds. The average molecular weight is 495 g/mol. The molecule has 0 bridgehead atoms. The van der Waals surface area contributed by atoms with Crippen LogP contribution in [0.5, 0.6) is 23.0 Å². The maximum atomic E-state index is 9.35. The molecule has 2 N–H and O–H groups in total. The number of phenolic OH excluding ortho intramolecular Hbond substituents is 2. The van der Waals surface area contributed by atoms with E-state index >= 15 is 0 Å². The van der Waals surface area contributed by atoms with Gasteiger partial charge in [-0.05, 0) is 65.8 Å². The minimum Gasteiger partial charge on any atom is -1.00 e. The summed E-state index contributed by atoms with van der Waals surface area (Å²) in [5, 5.41) is 18.7. The third-order valence-electron chi connectivity index (χ3n) is 2.56. The predicted octanol–water partition coefficient (Wildman–Crippen LogP) is -0.855. The van der Waals surface area contributed by atoms with Crippen LogP contribution >= 0.6 is 0 Å². The van der Waals surface area contributed by atoms with Crippen molar-refractivity contribution in [2.24, 2.45) is 0 Å². The molecule has 2 aromatic rings. The molecule has 0 aliphatic heterocycles. The number of rotatable bonds is 2. The summed E-state index contributed by atoms with van der Waals surface area (Å²) in [6, 6.07) is 13.9. The van der Waals surface area contributed by atoms with Crippen molar-refractivity contribution < 1.29 is 70.7 Å². The van der Waals surface area contributed by atoms with Gasteiger partial charge in [0.25, 0.3) is 0 Å². The number of halogens is 2. The predicted molar refractivity (Wildman–Crippen MR) is 97.0 cm³/mol. The summed E-state index contributed by atoms with van der Waals surface area (Å²) >= 11 is 0. The third kappa shape index (κ3) is 13.9. The molecule has 0 saturated heterocycles. The van der Waals surface area contributed by atoms with E-state index in [1.165, 1.54) is 0 Å². The van der Waals surface area contributed by atoms with E-state index < -0.39 is 0 Å². The number of ether oxygens (including phenoxy) is 2. The number of phenols is 2. The Labute approximate surface area is 194 Å². The molecule has 7 heteroatoms. The Kier molecular flexibility index (Phi) is 15.2. The minimum atomic E-state index is -0.265. The zero-order valence-corrected chi connectivity index (χ0v) is 20.6. The number of aromatic hydroxyl groups is 2. The van der Waals surface area contributed by atoms with Crippen LogP contribution in [0.2, 0.25) is 0 Å². The second-order valence-corrected chi connectivity index (χ2v) is 7.36. The van der Waals surface area contributed by atoms with E-state index in [4.69, 9.17) is 9.47 Å². The second kappa shape index (κ2) is 13.3. The van der Waals surface area contributed by atoms with Crippen molar-refractivity contribution in [2.75, 3.05) is 0 Å². The summed E-state index contributed by atoms with van der Waals surface area (Å²) in [4.78, 5) is 0. The van der Waals surface area contributed by atoms with Gasteiger partial charge in [0.2, 0.25) is 0 Å². The third-order valence-corrected chi connectivity index (χ3v) is 2.56. The Morgan fingerprint density at radius 3 is 1.07 bits per heavy atom. The number of para-hydroxylation sites is 4. The molecule has 0 spiro atoms. The molecule has 0 aliphatic carbocycles. The van der Waals surface area contributed by atoms with Crippen molar-refractivity contribution >= 4 is 0 Å². The van der Waals surface area contributed by atoms with Gasteiger partial charge in [0.1, 0.15) is 11.2 Å². The Hall–Kier alpha value is -0.897. The van der Waals surface area contributed by atoms with Crippen LogP contribution in [0, 0.1) is 0 Å². The normalized spacial score (nSPS) is 10.0. The van der Waals surface area contributed by atoms with E-state index in [9.17, 15) is 10.2 Å². The maximum absolute atomic E-state index is 9.35. The van der Waals surface area contributed by atoms with Crippen LogP contribution in [0.1, 0.15) is 41.5 Å². The Bertz CT molecular complexity index is 595. The van der Waals surface area contributed by atoms with E-state index in [2.05, 4.69) is 0 Å². The van der Waals surface area contributed by atoms with Gasteiger partial charge in [0.15, 0.2) is 23.0 Å². The molecule has 0 fully saturated rings. The quantitative estimate of drug-likeness (QED) is 0.571. The van der Waals surface area contributed by atoms with E-state index in [-0.39, 0.29) is 73.7 Å². The fourth-order valence-corrected chi connectivity index (χ4v) is 1.75. The maximum Gasteiger partial charge on any atom is 2.00 e. The molecular formula is C20H28Cl2O4Zr. The zero-order chi connectivity index (χ0) is 18.4. The van der Waals surface area contributed by atoms with Crippen molar-refractivity contribution in [1.29, 1.82) is 0 Å². The monoisotopic (exact) mass is 492 g/mol. The zero-order valence-electron chi connectivity index (χ0n) is 16.6. The van der Waals surface area contributed by atoms with Gasteiger partial charge in [0, 0.05) is 0 Å². The van der Waals surface area contributed by atoms with Crippen molar-refractivity contribution in [3.05, 3.63) is 48.5 Å². The average Bonchev–Trinajstić information content (AvgIpc) is 2.42. The van der Waals surface area contributed by atoms with Crippen LogP contribution < -0.4 is 34.3 Å². The van der Waals surface area contributed by atoms with Crippen molar-refractivity contribution in [2.45, 2.75) is 52.7 Å². The summed E-state index contributed by atoms with van der Waals surface area (Å²) in [7, 11) is 0. The second-order valence-electron chi connectivity index (χ2n) is 7.36. The molecule has 2 aromatic carbocycles. The van der Waals surface area contributed by atoms with E-state index in [1.54, 1.807) is 36.4 Å². The molecule has 0 radical (unpaired) electrons. The van der Waals surface area contributed by atoms with Crippen LogP contribution in [0.4, 0.5) is 0 Å². The Balaban J connectivity index is -0.000000384. The first kappa shape index (κ1) is 30.8. The van der Waals surface area contributed by atoms with Gasteiger partial charge >= 0.3 is 26.2 Å². The SMILES string of the molecule is CC(C)(C)Oc1ccccc1O.CC(C)(C)Oc1ccccc1O.[Cl-].[Cl-].[Zr+2]. The Morgan fingerprint density at radius 1 is 0.593 bits per heavy atom. The first-order chi connectivity index (χ1) is 11.0. The van der Waals surface area contributed by atoms with E-state index in [1.807, 2.05) is 53.7 Å². The smallest absolute Gasteiger partial charge is 1.00 e. The summed E-state index contributed by atoms with van der Waals surface area (Å²) < 4.78 is 11.0. The molecule has 0 heterocycles. The van der Waals surface area contributed by atoms with Gasteiger partial charge in [-0.2, -0.15) is 0 Å². The summed E-state index contributed by atoms with van der Waals surface area (Å²) in [5.41, 5.74) is -0.530.